The number of hydrogen-bond donors (Lipinski definition) is 1. The molecule has 2 fully saturated rings. The van der Waals surface area contributed by atoms with Crippen molar-refractivity contribution in [2.45, 2.75) is 37.8 Å². The number of esters is 1. The van der Waals surface area contributed by atoms with Crippen molar-refractivity contribution in [3.05, 3.63) is 11.8 Å². The third-order valence-corrected chi connectivity index (χ3v) is 4.74. The highest BCUT2D eigenvalue weighted by molar-refractivity contribution is 5.89. The molecule has 0 radical (unpaired) electrons. The van der Waals surface area contributed by atoms with Crippen molar-refractivity contribution < 1.29 is 28.5 Å². The summed E-state index contributed by atoms with van der Waals surface area (Å²) in [5, 5.41) is 2.40. The van der Waals surface area contributed by atoms with E-state index in [1.807, 2.05) is 6.92 Å². The minimum absolute atomic E-state index is 0.0699. The Morgan fingerprint density at radius 3 is 2.90 bits per heavy atom. The molecule has 1 aliphatic carbocycles. The second kappa shape index (κ2) is 4.91. The van der Waals surface area contributed by atoms with Crippen molar-refractivity contribution in [3.8, 4) is 0 Å². The van der Waals surface area contributed by atoms with Crippen molar-refractivity contribution >= 4 is 12.1 Å². The van der Waals surface area contributed by atoms with Crippen LogP contribution in [-0.2, 0) is 23.7 Å². The monoisotopic (exact) mass is 297 g/mol. The second-order valence-electron chi connectivity index (χ2n) is 5.51. The maximum atomic E-state index is 11.9. The number of hydrogen-bond acceptors (Lipinski definition) is 6. The molecular formula is C14H19NO6. The second-order valence-corrected chi connectivity index (χ2v) is 5.51. The molecule has 2 aliphatic heterocycles. The maximum absolute atomic E-state index is 11.9. The van der Waals surface area contributed by atoms with E-state index in [9.17, 15) is 9.59 Å². The topological polar surface area (TPSA) is 86.4 Å². The number of carbonyl (C=O) groups excluding carboxylic acids is 2. The summed E-state index contributed by atoms with van der Waals surface area (Å²) in [6.45, 7) is 2.02. The van der Waals surface area contributed by atoms with E-state index in [0.717, 1.165) is 12.8 Å². The zero-order valence-corrected chi connectivity index (χ0v) is 12.3. The van der Waals surface area contributed by atoms with Gasteiger partial charge in [0, 0.05) is 13.0 Å². The number of amides is 1. The largest absolute Gasteiger partial charge is 0.466 e. The van der Waals surface area contributed by atoms with E-state index in [0.29, 0.717) is 5.57 Å². The fourth-order valence-electron chi connectivity index (χ4n) is 3.67. The van der Waals surface area contributed by atoms with E-state index < -0.39 is 18.4 Å². The van der Waals surface area contributed by atoms with Gasteiger partial charge >= 0.3 is 12.1 Å². The first-order chi connectivity index (χ1) is 10.1. The Morgan fingerprint density at radius 2 is 2.29 bits per heavy atom. The number of nitrogens with one attached hydrogen (secondary N) is 1. The molecule has 1 amide bonds. The molecule has 3 rings (SSSR count). The summed E-state index contributed by atoms with van der Waals surface area (Å²) in [4.78, 5) is 23.4. The van der Waals surface area contributed by atoms with Gasteiger partial charge in [-0.3, -0.25) is 0 Å². The minimum Gasteiger partial charge on any atom is -0.466 e. The Kier molecular flexibility index (Phi) is 3.32. The van der Waals surface area contributed by atoms with Gasteiger partial charge in [-0.25, -0.2) is 9.59 Å². The first-order valence-corrected chi connectivity index (χ1v) is 7.07. The Hall–Kier alpha value is -1.76. The molecule has 21 heavy (non-hydrogen) atoms. The number of epoxide rings is 1. The van der Waals surface area contributed by atoms with Crippen molar-refractivity contribution in [1.82, 2.24) is 5.32 Å². The minimum atomic E-state index is -0.754. The van der Waals surface area contributed by atoms with Crippen LogP contribution >= 0.6 is 0 Å². The Morgan fingerprint density at radius 1 is 1.52 bits per heavy atom. The predicted octanol–water partition coefficient (Wildman–Crippen LogP) is 0.939. The summed E-state index contributed by atoms with van der Waals surface area (Å²) < 4.78 is 21.4. The van der Waals surface area contributed by atoms with Crippen LogP contribution in [-0.4, -0.2) is 44.2 Å². The van der Waals surface area contributed by atoms with E-state index in [2.05, 4.69) is 5.32 Å². The molecule has 0 aromatic carbocycles. The molecule has 116 valence electrons. The molecule has 7 nitrogen and oxygen atoms in total. The molecule has 2 heterocycles. The summed E-state index contributed by atoms with van der Waals surface area (Å²) in [5.41, 5.74) is 0.125. The molecule has 1 saturated heterocycles. The highest BCUT2D eigenvalue weighted by atomic mass is 16.7. The molecule has 7 heteroatoms. The molecule has 1 N–H and O–H groups in total. The summed E-state index contributed by atoms with van der Waals surface area (Å²) in [7, 11) is 2.83. The van der Waals surface area contributed by atoms with Crippen molar-refractivity contribution in [2.75, 3.05) is 14.2 Å². The molecule has 3 aliphatic rings. The van der Waals surface area contributed by atoms with Crippen LogP contribution in [0, 0.1) is 11.8 Å². The highest BCUT2D eigenvalue weighted by Crippen LogP contribution is 2.62. The van der Waals surface area contributed by atoms with Crippen LogP contribution in [0.5, 0.6) is 0 Å². The number of fused-ring (bicyclic) bond motifs is 3. The number of carbonyl (C=O) groups is 2. The lowest BCUT2D eigenvalue weighted by atomic mass is 9.80. The fraction of sp³-hybridized carbons (Fsp3) is 0.714. The van der Waals surface area contributed by atoms with E-state index in [4.69, 9.17) is 18.9 Å². The number of rotatable bonds is 3. The SMILES string of the molecule is CC[C@]12OC1CC1C(C(=O)OC)=COC(OC(=O)NC)C12. The van der Waals surface area contributed by atoms with Gasteiger partial charge in [0.25, 0.3) is 6.29 Å². The third-order valence-electron chi connectivity index (χ3n) is 4.74. The van der Waals surface area contributed by atoms with E-state index in [1.54, 1.807) is 0 Å². The lowest BCUT2D eigenvalue weighted by Gasteiger charge is -2.36. The Bertz CT molecular complexity index is 500. The lowest BCUT2D eigenvalue weighted by molar-refractivity contribution is -0.151. The quantitative estimate of drug-likeness (QED) is 0.616. The Balaban J connectivity index is 1.89. The Labute approximate surface area is 122 Å². The molecule has 0 spiro atoms. The van der Waals surface area contributed by atoms with E-state index in [-0.39, 0.29) is 23.5 Å². The van der Waals surface area contributed by atoms with Gasteiger partial charge in [-0.05, 0) is 12.8 Å². The molecule has 0 aromatic rings. The van der Waals surface area contributed by atoms with Gasteiger partial charge < -0.3 is 24.3 Å². The van der Waals surface area contributed by atoms with Crippen LogP contribution in [0.4, 0.5) is 4.79 Å². The first kappa shape index (κ1) is 14.2. The maximum Gasteiger partial charge on any atom is 0.409 e. The molecule has 0 bridgehead atoms. The summed E-state index contributed by atoms with van der Waals surface area (Å²) in [5.74, 6) is -0.667. The lowest BCUT2D eigenvalue weighted by Crippen LogP contribution is -2.45. The van der Waals surface area contributed by atoms with Gasteiger partial charge in [-0.1, -0.05) is 6.92 Å². The highest BCUT2D eigenvalue weighted by Gasteiger charge is 2.72. The van der Waals surface area contributed by atoms with Crippen molar-refractivity contribution in [2.24, 2.45) is 11.8 Å². The van der Waals surface area contributed by atoms with Gasteiger partial charge in [0.2, 0.25) is 0 Å². The molecule has 0 aromatic heterocycles. The van der Waals surface area contributed by atoms with Crippen LogP contribution < -0.4 is 5.32 Å². The van der Waals surface area contributed by atoms with E-state index in [1.165, 1.54) is 20.4 Å². The predicted molar refractivity (Wildman–Crippen MR) is 70.0 cm³/mol. The zero-order valence-electron chi connectivity index (χ0n) is 12.3. The standard InChI is InChI=1S/C14H19NO6/c1-4-14-9(21-14)5-7-8(11(16)18-3)6-19-12(10(7)14)20-13(17)15-2/h6-7,9-10,12H,4-5H2,1-3H3,(H,15,17)/t7?,9?,10?,12?,14-/m0/s1. The number of ether oxygens (including phenoxy) is 4. The van der Waals surface area contributed by atoms with Gasteiger partial charge in [0.05, 0.1) is 31.0 Å². The smallest absolute Gasteiger partial charge is 0.409 e. The molecule has 1 saturated carbocycles. The number of alkyl carbamates (subject to hydrolysis) is 1. The van der Waals surface area contributed by atoms with Crippen LogP contribution in [0.2, 0.25) is 0 Å². The average Bonchev–Trinajstić information content (AvgIpc) is 3.11. The summed E-state index contributed by atoms with van der Waals surface area (Å²) in [6, 6.07) is 0. The van der Waals surface area contributed by atoms with Crippen molar-refractivity contribution in [1.29, 1.82) is 0 Å². The average molecular weight is 297 g/mol. The summed E-state index contributed by atoms with van der Waals surface area (Å²) >= 11 is 0. The van der Waals surface area contributed by atoms with E-state index >= 15 is 0 Å². The van der Waals surface area contributed by atoms with Gasteiger partial charge in [0.1, 0.15) is 5.60 Å². The van der Waals surface area contributed by atoms with Gasteiger partial charge in [-0.15, -0.1) is 0 Å². The molecular weight excluding hydrogens is 278 g/mol. The van der Waals surface area contributed by atoms with Crippen LogP contribution in [0.1, 0.15) is 19.8 Å². The molecule has 5 atom stereocenters. The summed E-state index contributed by atoms with van der Waals surface area (Å²) in [6.07, 6.45) is 1.62. The normalized spacial score (nSPS) is 39.3. The third kappa shape index (κ3) is 1.98. The first-order valence-electron chi connectivity index (χ1n) is 7.07. The van der Waals surface area contributed by atoms with Gasteiger partial charge in [-0.2, -0.15) is 0 Å². The van der Waals surface area contributed by atoms with Gasteiger partial charge in [0.15, 0.2) is 0 Å². The molecule has 4 unspecified atom stereocenters. The van der Waals surface area contributed by atoms with Crippen LogP contribution in [0.3, 0.4) is 0 Å². The van der Waals surface area contributed by atoms with Crippen molar-refractivity contribution in [3.63, 3.8) is 0 Å². The zero-order chi connectivity index (χ0) is 15.2. The fourth-order valence-corrected chi connectivity index (χ4v) is 3.67. The van der Waals surface area contributed by atoms with Crippen LogP contribution in [0.25, 0.3) is 0 Å². The van der Waals surface area contributed by atoms with Crippen LogP contribution in [0.15, 0.2) is 11.8 Å². The number of methoxy groups -OCH3 is 1.